The van der Waals surface area contributed by atoms with Crippen LogP contribution < -0.4 is 11.2 Å². The van der Waals surface area contributed by atoms with Gasteiger partial charge >= 0.3 is 5.69 Å². The molecule has 0 radical (unpaired) electrons. The fourth-order valence-corrected chi connectivity index (χ4v) is 2.86. The lowest BCUT2D eigenvalue weighted by atomic mass is 10.1. The maximum absolute atomic E-state index is 12.3. The Morgan fingerprint density at radius 3 is 2.41 bits per heavy atom. The van der Waals surface area contributed by atoms with Crippen molar-refractivity contribution in [3.05, 3.63) is 92.1 Å². The molecule has 6 heteroatoms. The van der Waals surface area contributed by atoms with E-state index in [9.17, 15) is 14.7 Å². The first-order valence-electron chi connectivity index (χ1n) is 8.68. The molecule has 27 heavy (non-hydrogen) atoms. The van der Waals surface area contributed by atoms with Gasteiger partial charge in [-0.25, -0.2) is 9.36 Å². The van der Waals surface area contributed by atoms with E-state index in [2.05, 4.69) is 9.98 Å². The molecule has 138 valence electrons. The number of aryl methyl sites for hydroxylation is 1. The molecular weight excluding hydrogens is 342 g/mol. The molecule has 3 aromatic rings. The van der Waals surface area contributed by atoms with Crippen molar-refractivity contribution in [1.29, 1.82) is 0 Å². The molecule has 0 aliphatic rings. The van der Waals surface area contributed by atoms with Crippen LogP contribution in [0.3, 0.4) is 0 Å². The Morgan fingerprint density at radius 1 is 1.07 bits per heavy atom. The summed E-state index contributed by atoms with van der Waals surface area (Å²) < 4.78 is 1.08. The van der Waals surface area contributed by atoms with Crippen LogP contribution in [0.5, 0.6) is 5.88 Å². The number of aromatic hydroxyl groups is 1. The summed E-state index contributed by atoms with van der Waals surface area (Å²) in [5.41, 5.74) is 1.67. The number of aromatic nitrogens is 2. The molecule has 2 N–H and O–H groups in total. The zero-order chi connectivity index (χ0) is 19.4. The van der Waals surface area contributed by atoms with Crippen LogP contribution in [0.4, 0.5) is 0 Å². The van der Waals surface area contributed by atoms with Gasteiger partial charge in [-0.15, -0.1) is 0 Å². The van der Waals surface area contributed by atoms with Gasteiger partial charge < -0.3 is 5.11 Å². The van der Waals surface area contributed by atoms with Crippen molar-refractivity contribution in [2.45, 2.75) is 20.3 Å². The molecule has 2 aromatic carbocycles. The molecule has 0 fully saturated rings. The minimum atomic E-state index is -0.692. The van der Waals surface area contributed by atoms with E-state index in [1.807, 2.05) is 49.4 Å². The zero-order valence-corrected chi connectivity index (χ0v) is 15.3. The molecule has 3 rings (SSSR count). The van der Waals surface area contributed by atoms with Gasteiger partial charge in [0.1, 0.15) is 5.56 Å². The van der Waals surface area contributed by atoms with E-state index in [0.29, 0.717) is 24.4 Å². The van der Waals surface area contributed by atoms with E-state index in [1.165, 1.54) is 0 Å². The highest BCUT2D eigenvalue weighted by molar-refractivity contribution is 6.00. The van der Waals surface area contributed by atoms with Crippen LogP contribution in [-0.4, -0.2) is 26.9 Å². The van der Waals surface area contributed by atoms with Gasteiger partial charge in [0.25, 0.3) is 5.56 Å². The molecule has 0 saturated heterocycles. The molecule has 0 aliphatic carbocycles. The molecule has 1 aromatic heterocycles. The van der Waals surface area contributed by atoms with Crippen molar-refractivity contribution >= 4 is 5.71 Å². The first-order valence-corrected chi connectivity index (χ1v) is 8.68. The Kier molecular flexibility index (Phi) is 5.35. The van der Waals surface area contributed by atoms with E-state index in [0.717, 1.165) is 15.7 Å². The van der Waals surface area contributed by atoms with Crippen LogP contribution >= 0.6 is 0 Å². The second-order valence-corrected chi connectivity index (χ2v) is 6.33. The summed E-state index contributed by atoms with van der Waals surface area (Å²) in [7, 11) is 0. The predicted octanol–water partition coefficient (Wildman–Crippen LogP) is 2.59. The highest BCUT2D eigenvalue weighted by Gasteiger charge is 2.17. The third-order valence-electron chi connectivity index (χ3n) is 4.33. The normalized spacial score (nSPS) is 11.6. The summed E-state index contributed by atoms with van der Waals surface area (Å²) in [6, 6.07) is 16.9. The second-order valence-electron chi connectivity index (χ2n) is 6.33. The summed E-state index contributed by atoms with van der Waals surface area (Å²) >= 11 is 0. The SMILES string of the molecule is CC(=NCCc1ccccc1)c1c(O)n(-c2ccc(C)cc2)c(=O)[nH]c1=O. The standard InChI is InChI=1S/C21H21N3O3/c1-14-8-10-17(11-9-14)24-20(26)18(19(25)23-21(24)27)15(2)22-13-12-16-6-4-3-5-7-16/h3-11,26H,12-13H2,1-2H3,(H,23,25,27). The van der Waals surface area contributed by atoms with Crippen LogP contribution in [0.25, 0.3) is 5.69 Å². The molecule has 6 nitrogen and oxygen atoms in total. The van der Waals surface area contributed by atoms with Crippen LogP contribution in [0.1, 0.15) is 23.6 Å². The monoisotopic (exact) mass is 363 g/mol. The first-order chi connectivity index (χ1) is 13.0. The van der Waals surface area contributed by atoms with Gasteiger partial charge in [-0.3, -0.25) is 14.8 Å². The van der Waals surface area contributed by atoms with Crippen molar-refractivity contribution in [2.75, 3.05) is 6.54 Å². The van der Waals surface area contributed by atoms with E-state index in [-0.39, 0.29) is 5.56 Å². The van der Waals surface area contributed by atoms with Gasteiger partial charge in [-0.2, -0.15) is 0 Å². The number of benzene rings is 2. The van der Waals surface area contributed by atoms with Gasteiger partial charge in [0, 0.05) is 12.3 Å². The molecular formula is C21H21N3O3. The third-order valence-corrected chi connectivity index (χ3v) is 4.33. The number of nitrogens with one attached hydrogen (secondary N) is 1. The molecule has 0 bridgehead atoms. The average molecular weight is 363 g/mol. The fourth-order valence-electron chi connectivity index (χ4n) is 2.86. The Hall–Kier alpha value is -3.41. The zero-order valence-electron chi connectivity index (χ0n) is 15.3. The first kappa shape index (κ1) is 18.4. The summed E-state index contributed by atoms with van der Waals surface area (Å²) in [5.74, 6) is -0.409. The Labute approximate surface area is 156 Å². The van der Waals surface area contributed by atoms with Gasteiger partial charge in [0.05, 0.1) is 5.69 Å². The predicted molar refractivity (Wildman–Crippen MR) is 106 cm³/mol. The maximum Gasteiger partial charge on any atom is 0.335 e. The van der Waals surface area contributed by atoms with Crippen molar-refractivity contribution < 1.29 is 5.11 Å². The van der Waals surface area contributed by atoms with E-state index < -0.39 is 17.1 Å². The molecule has 0 atom stereocenters. The van der Waals surface area contributed by atoms with Crippen LogP contribution in [0, 0.1) is 6.92 Å². The summed E-state index contributed by atoms with van der Waals surface area (Å²) in [5, 5.41) is 10.6. The molecule has 0 aliphatic heterocycles. The van der Waals surface area contributed by atoms with Crippen molar-refractivity contribution in [2.24, 2.45) is 4.99 Å². The van der Waals surface area contributed by atoms with E-state index in [4.69, 9.17) is 0 Å². The Bertz CT molecular complexity index is 1080. The summed E-state index contributed by atoms with van der Waals surface area (Å²) in [6.45, 7) is 4.05. The summed E-state index contributed by atoms with van der Waals surface area (Å²) in [6.07, 6.45) is 0.717. The van der Waals surface area contributed by atoms with Gasteiger partial charge in [0.15, 0.2) is 0 Å². The van der Waals surface area contributed by atoms with Crippen molar-refractivity contribution in [3.8, 4) is 11.6 Å². The quantitative estimate of drug-likeness (QED) is 0.683. The van der Waals surface area contributed by atoms with E-state index >= 15 is 0 Å². The summed E-state index contributed by atoms with van der Waals surface area (Å²) in [4.78, 5) is 31.2. The number of hydrogen-bond acceptors (Lipinski definition) is 4. The lowest BCUT2D eigenvalue weighted by Gasteiger charge is -2.11. The molecule has 0 unspecified atom stereocenters. The molecule has 1 heterocycles. The highest BCUT2D eigenvalue weighted by Crippen LogP contribution is 2.17. The average Bonchev–Trinajstić information content (AvgIpc) is 2.64. The number of H-pyrrole nitrogens is 1. The third kappa shape index (κ3) is 4.06. The number of aliphatic imine (C=N–C) groups is 1. The lowest BCUT2D eigenvalue weighted by Crippen LogP contribution is -2.32. The topological polar surface area (TPSA) is 87.4 Å². The Balaban J connectivity index is 1.96. The van der Waals surface area contributed by atoms with Crippen LogP contribution in [0.2, 0.25) is 0 Å². The second kappa shape index (κ2) is 7.86. The van der Waals surface area contributed by atoms with Gasteiger partial charge in [0.2, 0.25) is 5.88 Å². The van der Waals surface area contributed by atoms with Crippen LogP contribution in [0.15, 0.2) is 69.2 Å². The van der Waals surface area contributed by atoms with Crippen LogP contribution in [-0.2, 0) is 6.42 Å². The number of nitrogens with zero attached hydrogens (tertiary/aromatic N) is 2. The number of rotatable bonds is 5. The van der Waals surface area contributed by atoms with E-state index in [1.54, 1.807) is 19.1 Å². The minimum Gasteiger partial charge on any atom is -0.493 e. The van der Waals surface area contributed by atoms with Crippen molar-refractivity contribution in [1.82, 2.24) is 9.55 Å². The lowest BCUT2D eigenvalue weighted by molar-refractivity contribution is 0.429. The van der Waals surface area contributed by atoms with Gasteiger partial charge in [-0.05, 0) is 38.0 Å². The van der Waals surface area contributed by atoms with Crippen molar-refractivity contribution in [3.63, 3.8) is 0 Å². The molecule has 0 amide bonds. The molecule has 0 spiro atoms. The minimum absolute atomic E-state index is 0.00300. The smallest absolute Gasteiger partial charge is 0.335 e. The largest absolute Gasteiger partial charge is 0.493 e. The highest BCUT2D eigenvalue weighted by atomic mass is 16.3. The number of aromatic amines is 1. The number of hydrogen-bond donors (Lipinski definition) is 2. The fraction of sp³-hybridized carbons (Fsp3) is 0.190. The molecule has 0 saturated carbocycles. The maximum atomic E-state index is 12.3. The Morgan fingerprint density at radius 2 is 1.74 bits per heavy atom. The van der Waals surface area contributed by atoms with Gasteiger partial charge in [-0.1, -0.05) is 48.0 Å².